The molecule has 0 saturated heterocycles. The molecule has 8 aromatic carbocycles. The molecule has 54 heavy (non-hydrogen) atoms. The van der Waals surface area contributed by atoms with Crippen LogP contribution in [0.1, 0.15) is 25.0 Å². The van der Waals surface area contributed by atoms with Gasteiger partial charge in [0.05, 0.1) is 11.0 Å². The van der Waals surface area contributed by atoms with Crippen LogP contribution in [-0.4, -0.2) is 4.57 Å². The van der Waals surface area contributed by atoms with Gasteiger partial charge in [0.1, 0.15) is 11.2 Å². The Morgan fingerprint density at radius 2 is 1.13 bits per heavy atom. The van der Waals surface area contributed by atoms with Crippen LogP contribution in [0.25, 0.3) is 103 Å². The third kappa shape index (κ3) is 4.10. The number of hydrogen-bond acceptors (Lipinski definition) is 2. The first-order valence-corrected chi connectivity index (χ1v) is 19.5. The fourth-order valence-corrected chi connectivity index (χ4v) is 10.4. The number of benzene rings is 8. The van der Waals surface area contributed by atoms with Crippen LogP contribution in [0.4, 0.5) is 0 Å². The van der Waals surface area contributed by atoms with Crippen molar-refractivity contribution in [3.63, 3.8) is 0 Å². The molecule has 0 unspecified atom stereocenters. The minimum absolute atomic E-state index is 0.161. The van der Waals surface area contributed by atoms with Gasteiger partial charge in [0, 0.05) is 58.4 Å². The zero-order valence-corrected chi connectivity index (χ0v) is 30.7. The standard InChI is InChI=1S/C51H33NOS/c1-51(2)42-23-22-38-36-12-6-8-14-46(36)53-50(38)49(42)39-21-17-32(28-43(39)51)33-16-20-35-40-26-30(18-24-44(40)52(45(35)29-33)34-10-4-3-5-11-34)31-19-25-48-41(27-31)37-13-7-9-15-47(37)54-48/h3-29H,1-2H3. The summed E-state index contributed by atoms with van der Waals surface area (Å²) in [5.74, 6) is 0. The van der Waals surface area contributed by atoms with Gasteiger partial charge in [0.2, 0.25) is 0 Å². The normalized spacial score (nSPS) is 13.5. The highest BCUT2D eigenvalue weighted by Crippen LogP contribution is 2.53. The summed E-state index contributed by atoms with van der Waals surface area (Å²) in [4.78, 5) is 0. The van der Waals surface area contributed by atoms with Crippen LogP contribution in [0, 0.1) is 0 Å². The van der Waals surface area contributed by atoms with Crippen molar-refractivity contribution < 1.29 is 4.42 Å². The molecule has 0 bridgehead atoms. The van der Waals surface area contributed by atoms with E-state index in [-0.39, 0.29) is 5.41 Å². The number of furan rings is 1. The lowest BCUT2D eigenvalue weighted by atomic mass is 9.81. The first kappa shape index (κ1) is 30.1. The predicted molar refractivity (Wildman–Crippen MR) is 229 cm³/mol. The second-order valence-electron chi connectivity index (χ2n) is 15.3. The van der Waals surface area contributed by atoms with Gasteiger partial charge in [-0.1, -0.05) is 117 Å². The molecular weight excluding hydrogens is 675 g/mol. The van der Waals surface area contributed by atoms with Crippen LogP contribution in [0.5, 0.6) is 0 Å². The second-order valence-corrected chi connectivity index (χ2v) is 16.4. The lowest BCUT2D eigenvalue weighted by molar-refractivity contribution is 0.653. The van der Waals surface area contributed by atoms with Crippen molar-refractivity contribution in [2.75, 3.05) is 0 Å². The molecule has 0 fully saturated rings. The minimum atomic E-state index is -0.161. The number of rotatable bonds is 3. The van der Waals surface area contributed by atoms with Crippen molar-refractivity contribution in [2.24, 2.45) is 0 Å². The first-order valence-electron chi connectivity index (χ1n) is 18.7. The highest BCUT2D eigenvalue weighted by Gasteiger charge is 2.38. The molecule has 0 aliphatic heterocycles. The number of hydrogen-bond donors (Lipinski definition) is 0. The molecule has 254 valence electrons. The average molecular weight is 708 g/mol. The highest BCUT2D eigenvalue weighted by molar-refractivity contribution is 7.25. The highest BCUT2D eigenvalue weighted by atomic mass is 32.1. The van der Waals surface area contributed by atoms with E-state index < -0.39 is 0 Å². The summed E-state index contributed by atoms with van der Waals surface area (Å²) < 4.78 is 11.7. The van der Waals surface area contributed by atoms with Crippen LogP contribution in [0.15, 0.2) is 168 Å². The summed E-state index contributed by atoms with van der Waals surface area (Å²) in [5, 5.41) is 7.52. The monoisotopic (exact) mass is 707 g/mol. The van der Waals surface area contributed by atoms with Gasteiger partial charge >= 0.3 is 0 Å². The van der Waals surface area contributed by atoms with Crippen LogP contribution in [-0.2, 0) is 5.41 Å². The molecule has 0 atom stereocenters. The molecule has 2 nitrogen and oxygen atoms in total. The summed E-state index contributed by atoms with van der Waals surface area (Å²) in [7, 11) is 0. The fraction of sp³-hybridized carbons (Fsp3) is 0.0588. The molecule has 11 aromatic rings. The van der Waals surface area contributed by atoms with Crippen molar-refractivity contribution >= 4 is 75.3 Å². The molecular formula is C51H33NOS. The van der Waals surface area contributed by atoms with Gasteiger partial charge in [-0.05, 0) is 99.6 Å². The van der Waals surface area contributed by atoms with Crippen molar-refractivity contribution in [1.29, 1.82) is 0 Å². The van der Waals surface area contributed by atoms with Gasteiger partial charge < -0.3 is 8.98 Å². The Morgan fingerprint density at radius 1 is 0.463 bits per heavy atom. The molecule has 3 heterocycles. The SMILES string of the molecule is CC1(C)c2cc(-c3ccc4c5cc(-c6ccc7sc8ccccc8c7c6)ccc5n(-c5ccccc5)c4c3)ccc2-c2c1ccc1c2oc2ccccc21. The van der Waals surface area contributed by atoms with Crippen LogP contribution >= 0.6 is 11.3 Å². The van der Waals surface area contributed by atoms with E-state index in [1.54, 1.807) is 0 Å². The van der Waals surface area contributed by atoms with Gasteiger partial charge in [-0.3, -0.25) is 0 Å². The number of aromatic nitrogens is 1. The van der Waals surface area contributed by atoms with Crippen LogP contribution < -0.4 is 0 Å². The fourth-order valence-electron chi connectivity index (χ4n) is 9.32. The van der Waals surface area contributed by atoms with E-state index >= 15 is 0 Å². The molecule has 3 heteroatoms. The molecule has 3 aromatic heterocycles. The molecule has 1 aliphatic carbocycles. The Labute approximate surface area is 316 Å². The van der Waals surface area contributed by atoms with E-state index in [9.17, 15) is 0 Å². The molecule has 0 spiro atoms. The van der Waals surface area contributed by atoms with Crippen molar-refractivity contribution in [1.82, 2.24) is 4.57 Å². The quantitative estimate of drug-likeness (QED) is 0.179. The van der Waals surface area contributed by atoms with Crippen molar-refractivity contribution in [2.45, 2.75) is 19.3 Å². The van der Waals surface area contributed by atoms with Crippen LogP contribution in [0.3, 0.4) is 0 Å². The molecule has 0 amide bonds. The summed E-state index contributed by atoms with van der Waals surface area (Å²) in [5.41, 5.74) is 15.4. The number of para-hydroxylation sites is 2. The van der Waals surface area contributed by atoms with E-state index in [0.717, 1.165) is 16.9 Å². The Balaban J connectivity index is 1.03. The van der Waals surface area contributed by atoms with Gasteiger partial charge in [-0.2, -0.15) is 0 Å². The average Bonchev–Trinajstić information content (AvgIpc) is 3.94. The van der Waals surface area contributed by atoms with Crippen LogP contribution in [0.2, 0.25) is 0 Å². The van der Waals surface area contributed by atoms with Crippen molar-refractivity contribution in [3.05, 3.63) is 175 Å². The Morgan fingerprint density at radius 3 is 2.02 bits per heavy atom. The minimum Gasteiger partial charge on any atom is -0.455 e. The maximum Gasteiger partial charge on any atom is 0.143 e. The lowest BCUT2D eigenvalue weighted by Gasteiger charge is -2.22. The number of nitrogens with zero attached hydrogens (tertiary/aromatic N) is 1. The smallest absolute Gasteiger partial charge is 0.143 e. The van der Waals surface area contributed by atoms with Gasteiger partial charge in [0.25, 0.3) is 0 Å². The number of fused-ring (bicyclic) bond motifs is 13. The molecule has 1 aliphatic rings. The largest absolute Gasteiger partial charge is 0.455 e. The summed E-state index contributed by atoms with van der Waals surface area (Å²) in [6, 6.07) is 60.4. The van der Waals surface area contributed by atoms with E-state index in [2.05, 4.69) is 182 Å². The molecule has 0 radical (unpaired) electrons. The number of thiophene rings is 1. The molecule has 0 N–H and O–H groups in total. The third-order valence-electron chi connectivity index (χ3n) is 12.0. The van der Waals surface area contributed by atoms with Gasteiger partial charge in [-0.25, -0.2) is 0 Å². The maximum absolute atomic E-state index is 6.56. The Kier molecular flexibility index (Phi) is 6.03. The maximum atomic E-state index is 6.56. The third-order valence-corrected chi connectivity index (χ3v) is 13.2. The summed E-state index contributed by atoms with van der Waals surface area (Å²) >= 11 is 1.87. The molecule has 12 rings (SSSR count). The van der Waals surface area contributed by atoms with Crippen molar-refractivity contribution in [3.8, 4) is 39.1 Å². The second kappa shape index (κ2) is 10.8. The first-order chi connectivity index (χ1) is 26.5. The topological polar surface area (TPSA) is 18.1 Å². The zero-order valence-electron chi connectivity index (χ0n) is 29.9. The molecule has 0 saturated carbocycles. The van der Waals surface area contributed by atoms with E-state index in [0.29, 0.717) is 0 Å². The Bertz CT molecular complexity index is 3360. The van der Waals surface area contributed by atoms with E-state index in [1.807, 2.05) is 11.3 Å². The lowest BCUT2D eigenvalue weighted by Crippen LogP contribution is -2.14. The zero-order chi connectivity index (χ0) is 35.7. The summed E-state index contributed by atoms with van der Waals surface area (Å²) in [6.07, 6.45) is 0. The predicted octanol–water partition coefficient (Wildman–Crippen LogP) is 14.7. The Hall–Kier alpha value is -6.42. The summed E-state index contributed by atoms with van der Waals surface area (Å²) in [6.45, 7) is 4.70. The van der Waals surface area contributed by atoms with E-state index in [1.165, 1.54) is 97.3 Å². The van der Waals surface area contributed by atoms with E-state index in [4.69, 9.17) is 4.42 Å². The van der Waals surface area contributed by atoms with Gasteiger partial charge in [-0.15, -0.1) is 11.3 Å². The van der Waals surface area contributed by atoms with Gasteiger partial charge in [0.15, 0.2) is 0 Å².